The van der Waals surface area contributed by atoms with Crippen molar-refractivity contribution in [3.63, 3.8) is 0 Å². The van der Waals surface area contributed by atoms with Gasteiger partial charge in [0.25, 0.3) is 0 Å². The highest BCUT2D eigenvalue weighted by Crippen LogP contribution is 2.26. The van der Waals surface area contributed by atoms with Gasteiger partial charge in [-0.05, 0) is 51.0 Å². The molecule has 0 N–H and O–H groups in total. The molecule has 0 aromatic rings. The average molecular weight is 269 g/mol. The van der Waals surface area contributed by atoms with Crippen LogP contribution in [0.2, 0.25) is 0 Å². The fourth-order valence-corrected chi connectivity index (χ4v) is 3.47. The highest BCUT2D eigenvalue weighted by Gasteiger charge is 2.23. The van der Waals surface area contributed by atoms with Gasteiger partial charge in [-0.2, -0.15) is 0 Å². The summed E-state index contributed by atoms with van der Waals surface area (Å²) in [5.74, 6) is 1.79. The molecule has 1 heterocycles. The van der Waals surface area contributed by atoms with E-state index in [9.17, 15) is 0 Å². The Kier molecular flexibility index (Phi) is 9.54. The van der Waals surface area contributed by atoms with E-state index < -0.39 is 0 Å². The van der Waals surface area contributed by atoms with Gasteiger partial charge in [-0.3, -0.25) is 0 Å². The molecule has 1 aliphatic heterocycles. The topological polar surface area (TPSA) is 12.5 Å². The maximum Gasteiger partial charge on any atom is 0.0506 e. The summed E-state index contributed by atoms with van der Waals surface area (Å²) in [6, 6.07) is 0. The van der Waals surface area contributed by atoms with Gasteiger partial charge in [-0.15, -0.1) is 0 Å². The van der Waals surface area contributed by atoms with E-state index in [-0.39, 0.29) is 0 Å². The van der Waals surface area contributed by atoms with Crippen LogP contribution in [0.4, 0.5) is 0 Å². The van der Waals surface area contributed by atoms with Gasteiger partial charge in [0, 0.05) is 19.7 Å². The number of likely N-dealkylation sites (tertiary alicyclic amines) is 1. The van der Waals surface area contributed by atoms with Crippen LogP contribution in [0.3, 0.4) is 0 Å². The number of rotatable bonds is 5. The van der Waals surface area contributed by atoms with Crippen molar-refractivity contribution in [2.45, 2.75) is 65.7 Å². The molecule has 1 aliphatic carbocycles. The summed E-state index contributed by atoms with van der Waals surface area (Å²) in [6.45, 7) is 11.9. The van der Waals surface area contributed by atoms with E-state index in [4.69, 9.17) is 4.74 Å². The quantitative estimate of drug-likeness (QED) is 0.736. The third-order valence-corrected chi connectivity index (χ3v) is 4.40. The minimum atomic E-state index is 0.798. The molecule has 2 nitrogen and oxygen atoms in total. The van der Waals surface area contributed by atoms with Crippen LogP contribution in [0.1, 0.15) is 65.7 Å². The number of piperidine rings is 1. The summed E-state index contributed by atoms with van der Waals surface area (Å²) in [6.07, 6.45) is 10.1. The van der Waals surface area contributed by atoms with Crippen molar-refractivity contribution in [1.29, 1.82) is 0 Å². The molecule has 0 radical (unpaired) electrons. The third-order valence-electron chi connectivity index (χ3n) is 4.40. The van der Waals surface area contributed by atoms with E-state index in [1.165, 1.54) is 64.6 Å². The first-order chi connectivity index (χ1) is 9.38. The van der Waals surface area contributed by atoms with Gasteiger partial charge in [0.05, 0.1) is 6.61 Å². The first-order valence-electron chi connectivity index (χ1n) is 8.68. The van der Waals surface area contributed by atoms with Gasteiger partial charge in [-0.1, -0.05) is 33.1 Å². The number of ether oxygens (including phenoxy) is 1. The Morgan fingerprint density at radius 1 is 0.947 bits per heavy atom. The number of hydrogen-bond donors (Lipinski definition) is 0. The second-order valence-corrected chi connectivity index (χ2v) is 5.93. The normalized spacial score (nSPS) is 25.7. The predicted octanol–water partition coefficient (Wildman–Crippen LogP) is 4.34. The Bertz CT molecular complexity index is 201. The molecule has 114 valence electrons. The van der Waals surface area contributed by atoms with Crippen LogP contribution >= 0.6 is 0 Å². The predicted molar refractivity (Wildman–Crippen MR) is 83.6 cm³/mol. The standard InChI is InChI=1S/C15H29NO.C2H6/c1-2-17-13-15-9-6-10-16(12-15)11-14-7-4-3-5-8-14;1-2/h14-15H,2-13H2,1H3;1-2H3. The van der Waals surface area contributed by atoms with Gasteiger partial charge in [0.1, 0.15) is 0 Å². The van der Waals surface area contributed by atoms with E-state index in [1.54, 1.807) is 0 Å². The smallest absolute Gasteiger partial charge is 0.0506 e. The van der Waals surface area contributed by atoms with Crippen molar-refractivity contribution in [2.24, 2.45) is 11.8 Å². The molecule has 0 bridgehead atoms. The monoisotopic (exact) mass is 269 g/mol. The largest absolute Gasteiger partial charge is 0.381 e. The Hall–Kier alpha value is -0.0800. The molecule has 0 amide bonds. The Balaban J connectivity index is 0.000000861. The zero-order valence-corrected chi connectivity index (χ0v) is 13.5. The van der Waals surface area contributed by atoms with E-state index in [0.717, 1.165) is 25.0 Å². The van der Waals surface area contributed by atoms with Crippen LogP contribution in [-0.4, -0.2) is 37.7 Å². The molecule has 1 unspecified atom stereocenters. The second-order valence-electron chi connectivity index (χ2n) is 5.93. The highest BCUT2D eigenvalue weighted by molar-refractivity contribution is 4.76. The summed E-state index contributed by atoms with van der Waals surface area (Å²) in [5, 5.41) is 0. The number of hydrogen-bond acceptors (Lipinski definition) is 2. The van der Waals surface area contributed by atoms with Gasteiger partial charge in [0.15, 0.2) is 0 Å². The lowest BCUT2D eigenvalue weighted by Gasteiger charge is -2.35. The lowest BCUT2D eigenvalue weighted by molar-refractivity contribution is 0.0591. The molecule has 0 aromatic heterocycles. The third kappa shape index (κ3) is 6.76. The summed E-state index contributed by atoms with van der Waals surface area (Å²) < 4.78 is 5.58. The van der Waals surface area contributed by atoms with Crippen LogP contribution in [0.25, 0.3) is 0 Å². The summed E-state index contributed by atoms with van der Waals surface area (Å²) in [4.78, 5) is 2.71. The van der Waals surface area contributed by atoms with Crippen LogP contribution in [-0.2, 0) is 4.74 Å². The molecular formula is C17H35NO. The fourth-order valence-electron chi connectivity index (χ4n) is 3.47. The van der Waals surface area contributed by atoms with Gasteiger partial charge in [-0.25, -0.2) is 0 Å². The Morgan fingerprint density at radius 3 is 2.32 bits per heavy atom. The van der Waals surface area contributed by atoms with E-state index in [0.29, 0.717) is 0 Å². The maximum atomic E-state index is 5.58. The van der Waals surface area contributed by atoms with E-state index in [1.807, 2.05) is 13.8 Å². The Labute approximate surface area is 120 Å². The molecule has 2 rings (SSSR count). The van der Waals surface area contributed by atoms with Gasteiger partial charge < -0.3 is 9.64 Å². The molecule has 2 heteroatoms. The molecule has 1 saturated carbocycles. The molecule has 1 atom stereocenters. The van der Waals surface area contributed by atoms with Crippen molar-refractivity contribution < 1.29 is 4.74 Å². The van der Waals surface area contributed by atoms with Crippen LogP contribution in [0, 0.1) is 11.8 Å². The minimum Gasteiger partial charge on any atom is -0.381 e. The zero-order chi connectivity index (χ0) is 13.9. The van der Waals surface area contributed by atoms with Crippen LogP contribution in [0.15, 0.2) is 0 Å². The highest BCUT2D eigenvalue weighted by atomic mass is 16.5. The lowest BCUT2D eigenvalue weighted by Crippen LogP contribution is -2.40. The second kappa shape index (κ2) is 10.7. The molecule has 1 saturated heterocycles. The average Bonchev–Trinajstić information content (AvgIpc) is 2.49. The van der Waals surface area contributed by atoms with Crippen molar-refractivity contribution in [3.8, 4) is 0 Å². The molecule has 0 aromatic carbocycles. The van der Waals surface area contributed by atoms with E-state index in [2.05, 4.69) is 11.8 Å². The molecule has 2 fully saturated rings. The maximum absolute atomic E-state index is 5.58. The van der Waals surface area contributed by atoms with Crippen molar-refractivity contribution in [3.05, 3.63) is 0 Å². The Morgan fingerprint density at radius 2 is 1.63 bits per heavy atom. The van der Waals surface area contributed by atoms with Gasteiger partial charge >= 0.3 is 0 Å². The zero-order valence-electron chi connectivity index (χ0n) is 13.5. The summed E-state index contributed by atoms with van der Waals surface area (Å²) in [5.41, 5.74) is 0. The SMILES string of the molecule is CC.CCOCC1CCCN(CC2CCCCC2)C1. The minimum absolute atomic E-state index is 0.798. The molecule has 0 spiro atoms. The van der Waals surface area contributed by atoms with Crippen molar-refractivity contribution in [2.75, 3.05) is 32.8 Å². The first-order valence-corrected chi connectivity index (χ1v) is 8.68. The first kappa shape index (κ1) is 17.0. The fraction of sp³-hybridized carbons (Fsp3) is 1.00. The van der Waals surface area contributed by atoms with Crippen LogP contribution in [0.5, 0.6) is 0 Å². The summed E-state index contributed by atoms with van der Waals surface area (Å²) in [7, 11) is 0. The van der Waals surface area contributed by atoms with E-state index >= 15 is 0 Å². The number of nitrogens with zero attached hydrogens (tertiary/aromatic N) is 1. The molecular weight excluding hydrogens is 234 g/mol. The summed E-state index contributed by atoms with van der Waals surface area (Å²) >= 11 is 0. The van der Waals surface area contributed by atoms with Crippen molar-refractivity contribution in [1.82, 2.24) is 4.90 Å². The van der Waals surface area contributed by atoms with Crippen molar-refractivity contribution >= 4 is 0 Å². The lowest BCUT2D eigenvalue weighted by atomic mass is 9.88. The van der Waals surface area contributed by atoms with Gasteiger partial charge in [0.2, 0.25) is 0 Å². The molecule has 2 aliphatic rings. The molecule has 19 heavy (non-hydrogen) atoms. The van der Waals surface area contributed by atoms with Crippen LogP contribution < -0.4 is 0 Å².